The van der Waals surface area contributed by atoms with Crippen LogP contribution in [0.15, 0.2) is 0 Å². The summed E-state index contributed by atoms with van der Waals surface area (Å²) >= 11 is 0. The third-order valence-corrected chi connectivity index (χ3v) is 14.7. The number of hydrogen-bond acceptors (Lipinski definition) is 8. The van der Waals surface area contributed by atoms with E-state index in [0.717, 1.165) is 83.8 Å². The van der Waals surface area contributed by atoms with Gasteiger partial charge in [0, 0.05) is 25.6 Å². The molecule has 4 saturated carbocycles. The molecule has 3 N–H and O–H groups in total. The van der Waals surface area contributed by atoms with Crippen molar-refractivity contribution in [2.24, 2.45) is 52.3 Å². The van der Waals surface area contributed by atoms with E-state index in [1.54, 1.807) is 0 Å². The Kier molecular flexibility index (Phi) is 11.5. The maximum Gasteiger partial charge on any atom is 0.397 e. The van der Waals surface area contributed by atoms with Gasteiger partial charge in [-0.25, -0.2) is 8.37 Å². The van der Waals surface area contributed by atoms with E-state index in [1.807, 2.05) is 18.7 Å². The maximum atomic E-state index is 12.3. The third kappa shape index (κ3) is 8.39. The molecular weight excluding hydrogens is 645 g/mol. The van der Waals surface area contributed by atoms with Crippen LogP contribution in [-0.2, 0) is 34.0 Å². The van der Waals surface area contributed by atoms with E-state index >= 15 is 0 Å². The number of nitrogens with one attached hydrogen (secondary N) is 1. The van der Waals surface area contributed by atoms with Crippen LogP contribution in [0.25, 0.3) is 0 Å². The minimum absolute atomic E-state index is 0.0165. The molecule has 11 nitrogen and oxygen atoms in total. The molecule has 47 heavy (non-hydrogen) atoms. The third-order valence-electron chi connectivity index (χ3n) is 13.8. The van der Waals surface area contributed by atoms with Crippen LogP contribution in [0.4, 0.5) is 0 Å². The highest BCUT2D eigenvalue weighted by Gasteiger charge is 2.63. The van der Waals surface area contributed by atoms with Crippen molar-refractivity contribution in [2.45, 2.75) is 136 Å². The lowest BCUT2D eigenvalue weighted by Gasteiger charge is -2.63. The Balaban J connectivity index is 1.26. The van der Waals surface area contributed by atoms with Gasteiger partial charge in [0.15, 0.2) is 0 Å². The summed E-state index contributed by atoms with van der Waals surface area (Å²) in [6, 6.07) is 0.343. The van der Waals surface area contributed by atoms with Crippen molar-refractivity contribution >= 4 is 26.7 Å². The normalized spacial score (nSPS) is 39.0. The zero-order chi connectivity index (χ0) is 34.4. The lowest BCUT2D eigenvalue weighted by atomic mass is 9.43. The van der Waals surface area contributed by atoms with Gasteiger partial charge in [-0.05, 0) is 136 Å². The highest BCUT2D eigenvalue weighted by atomic mass is 32.3. The molecule has 5 rings (SSSR count). The number of carbonyl (C=O) groups excluding carboxylic acids is 1. The molecule has 272 valence electrons. The minimum atomic E-state index is -4.63. The summed E-state index contributed by atoms with van der Waals surface area (Å²) in [6.07, 6.45) is 10.5. The zero-order valence-electron chi connectivity index (χ0n) is 29.1. The number of amides is 1. The van der Waals surface area contributed by atoms with Gasteiger partial charge >= 0.3 is 20.8 Å². The molecule has 0 aromatic heterocycles. The molecule has 13 heteroatoms. The molecule has 1 aliphatic heterocycles. The number of hydrogen-bond donors (Lipinski definition) is 3. The van der Waals surface area contributed by atoms with Gasteiger partial charge in [-0.1, -0.05) is 34.6 Å². The predicted molar refractivity (Wildman–Crippen MR) is 179 cm³/mol. The van der Waals surface area contributed by atoms with Crippen molar-refractivity contribution in [3.63, 3.8) is 0 Å². The molecule has 0 spiro atoms. The molecule has 1 amide bonds. The quantitative estimate of drug-likeness (QED) is 0.152. The Bertz CT molecular complexity index is 1330. The number of carbonyl (C=O) groups is 1. The second-order valence-electron chi connectivity index (χ2n) is 16.6. The van der Waals surface area contributed by atoms with Crippen LogP contribution in [0, 0.1) is 52.3 Å². The van der Waals surface area contributed by atoms with Crippen molar-refractivity contribution in [3.8, 4) is 0 Å². The van der Waals surface area contributed by atoms with E-state index in [4.69, 9.17) is 8.37 Å². The second-order valence-corrected chi connectivity index (χ2v) is 18.7. The highest BCUT2D eigenvalue weighted by molar-refractivity contribution is 7.81. The molecule has 0 aromatic rings. The monoisotopic (exact) mass is 704 g/mol. The van der Waals surface area contributed by atoms with Crippen molar-refractivity contribution in [3.05, 3.63) is 0 Å². The van der Waals surface area contributed by atoms with Gasteiger partial charge in [-0.3, -0.25) is 13.9 Å². The Morgan fingerprint density at radius 3 is 2.28 bits per heavy atom. The van der Waals surface area contributed by atoms with Crippen molar-refractivity contribution in [2.75, 3.05) is 19.6 Å². The van der Waals surface area contributed by atoms with Gasteiger partial charge in [0.2, 0.25) is 5.91 Å². The Morgan fingerprint density at radius 2 is 1.64 bits per heavy atom. The topological polar surface area (TPSA) is 160 Å². The Labute approximate surface area is 283 Å². The van der Waals surface area contributed by atoms with Gasteiger partial charge in [0.1, 0.15) is 0 Å². The fourth-order valence-electron chi connectivity index (χ4n) is 11.4. The molecule has 0 bridgehead atoms. The number of likely N-dealkylation sites (tertiary alicyclic amines) is 1. The van der Waals surface area contributed by atoms with Crippen LogP contribution in [0.1, 0.15) is 118 Å². The van der Waals surface area contributed by atoms with Gasteiger partial charge in [-0.2, -0.15) is 16.8 Å². The zero-order valence-corrected chi connectivity index (χ0v) is 30.7. The van der Waals surface area contributed by atoms with Gasteiger partial charge in [0.05, 0.1) is 12.2 Å². The number of nitrogens with zero attached hydrogens (tertiary/aromatic N) is 1. The number of rotatable bonds is 14. The van der Waals surface area contributed by atoms with E-state index in [0.29, 0.717) is 43.1 Å². The molecule has 0 aromatic carbocycles. The number of fused-ring (bicyclic) bond motifs is 5. The lowest BCUT2D eigenvalue weighted by Crippen LogP contribution is -2.60. The average Bonchev–Trinajstić information content (AvgIpc) is 3.54. The molecular formula is C34H60N2O9S2. The van der Waals surface area contributed by atoms with Gasteiger partial charge in [-0.15, -0.1) is 0 Å². The summed E-state index contributed by atoms with van der Waals surface area (Å²) in [5, 5.41) is 3.74. The Morgan fingerprint density at radius 1 is 0.936 bits per heavy atom. The van der Waals surface area contributed by atoms with Crippen LogP contribution in [0.5, 0.6) is 0 Å². The molecule has 0 radical (unpaired) electrons. The summed E-state index contributed by atoms with van der Waals surface area (Å²) < 4.78 is 77.3. The van der Waals surface area contributed by atoms with Crippen LogP contribution < -0.4 is 5.32 Å². The van der Waals surface area contributed by atoms with E-state index in [2.05, 4.69) is 26.1 Å². The smallest absolute Gasteiger partial charge is 0.343 e. The SMILES string of the molecule is CC(C)[C@@H](CC[C@@H](C)[C@H]1CC[C@H]2[C@@H]3[C@H](OS(=O)(=O)O)C[C@H]4C[C@@H](NCCCN5CCCC5=O)CC[C@]4(C)[C@H]3CC[C@]12C)OS(=O)(=O)O. The largest absolute Gasteiger partial charge is 0.397 e. The fourth-order valence-corrected chi connectivity index (χ4v) is 12.6. The van der Waals surface area contributed by atoms with E-state index in [-0.39, 0.29) is 40.4 Å². The van der Waals surface area contributed by atoms with Gasteiger partial charge < -0.3 is 10.2 Å². The van der Waals surface area contributed by atoms with Crippen molar-refractivity contribution < 1.29 is 39.1 Å². The van der Waals surface area contributed by atoms with E-state index in [9.17, 15) is 30.7 Å². The summed E-state index contributed by atoms with van der Waals surface area (Å²) in [4.78, 5) is 13.9. The summed E-state index contributed by atoms with van der Waals surface area (Å²) in [6.45, 7) is 13.3. The first-order valence-corrected chi connectivity index (χ1v) is 21.0. The first-order chi connectivity index (χ1) is 21.9. The van der Waals surface area contributed by atoms with Gasteiger partial charge in [0.25, 0.3) is 0 Å². The summed E-state index contributed by atoms with van der Waals surface area (Å²) in [7, 11) is -9.16. The van der Waals surface area contributed by atoms with E-state index < -0.39 is 33.0 Å². The van der Waals surface area contributed by atoms with Crippen LogP contribution >= 0.6 is 0 Å². The molecule has 11 atom stereocenters. The first-order valence-electron chi connectivity index (χ1n) is 18.2. The predicted octanol–water partition coefficient (Wildman–Crippen LogP) is 5.67. The minimum Gasteiger partial charge on any atom is -0.343 e. The summed E-state index contributed by atoms with van der Waals surface area (Å²) in [5.74, 6) is 1.81. The van der Waals surface area contributed by atoms with Crippen LogP contribution in [0.3, 0.4) is 0 Å². The van der Waals surface area contributed by atoms with Crippen LogP contribution in [0.2, 0.25) is 0 Å². The lowest BCUT2D eigenvalue weighted by molar-refractivity contribution is -0.160. The summed E-state index contributed by atoms with van der Waals surface area (Å²) in [5.41, 5.74) is 0.0594. The van der Waals surface area contributed by atoms with Crippen molar-refractivity contribution in [1.29, 1.82) is 0 Å². The molecule has 1 saturated heterocycles. The first kappa shape index (κ1) is 37.4. The van der Waals surface area contributed by atoms with Crippen LogP contribution in [-0.4, -0.2) is 74.6 Å². The fraction of sp³-hybridized carbons (Fsp3) is 0.971. The van der Waals surface area contributed by atoms with E-state index in [1.165, 1.54) is 0 Å². The molecule has 5 aliphatic rings. The second kappa shape index (κ2) is 14.4. The maximum absolute atomic E-state index is 12.3. The molecule has 4 aliphatic carbocycles. The molecule has 1 heterocycles. The highest BCUT2D eigenvalue weighted by Crippen LogP contribution is 2.69. The average molecular weight is 705 g/mol. The Hall–Kier alpha value is -0.830. The molecule has 5 fully saturated rings. The van der Waals surface area contributed by atoms with Crippen molar-refractivity contribution in [1.82, 2.24) is 10.2 Å². The standard InChI is InChI=1S/C34H60N2O9S2/c1-22(2)29(44-46(38,39)40)12-9-23(3)26-10-11-27-32-28(14-16-34(26,27)5)33(4)15-13-25(20-24(33)21-30(32)45-47(41,42)43)35-17-7-19-36-18-6-8-31(36)37/h22-30,32,35H,6-21H2,1-5H3,(H,38,39,40)(H,41,42,43)/t23-,24-,25+,26-,27+,28+,29-,30-,32+,33+,34-/m1/s1. The molecule has 0 unspecified atom stereocenters.